The van der Waals surface area contributed by atoms with Gasteiger partial charge in [-0.15, -0.1) is 0 Å². The molecule has 0 atom stereocenters. The first-order chi connectivity index (χ1) is 10.6. The summed E-state index contributed by atoms with van der Waals surface area (Å²) in [7, 11) is -2.13. The molecule has 0 radical (unpaired) electrons. The quantitative estimate of drug-likeness (QED) is 0.697. The number of rotatable bonds is 6. The Labute approximate surface area is 143 Å². The van der Waals surface area contributed by atoms with E-state index in [9.17, 15) is 0 Å². The standard InChI is InChI=1S/C19H30N2Si2/c1-22(2,3)14-16-7-9-18(20-12-16)11-19-10-8-17(13-21-19)15-23(4,5)6/h7-10,12-13H,11,14-15H2,1-6H3. The van der Waals surface area contributed by atoms with Gasteiger partial charge < -0.3 is 0 Å². The van der Waals surface area contributed by atoms with Gasteiger partial charge in [-0.2, -0.15) is 0 Å². The van der Waals surface area contributed by atoms with Crippen LogP contribution < -0.4 is 0 Å². The fraction of sp³-hybridized carbons (Fsp3) is 0.474. The van der Waals surface area contributed by atoms with Crippen molar-refractivity contribution in [2.75, 3.05) is 0 Å². The third kappa shape index (κ3) is 6.79. The van der Waals surface area contributed by atoms with Gasteiger partial charge in [0.25, 0.3) is 0 Å². The first-order valence-electron chi connectivity index (χ1n) is 8.48. The molecule has 2 aromatic heterocycles. The monoisotopic (exact) mass is 342 g/mol. The number of pyridine rings is 2. The number of hydrogen-bond acceptors (Lipinski definition) is 2. The molecule has 0 aliphatic carbocycles. The van der Waals surface area contributed by atoms with Crippen LogP contribution >= 0.6 is 0 Å². The highest BCUT2D eigenvalue weighted by Gasteiger charge is 2.15. The van der Waals surface area contributed by atoms with Gasteiger partial charge in [-0.3, -0.25) is 9.97 Å². The minimum Gasteiger partial charge on any atom is -0.261 e. The number of aromatic nitrogens is 2. The van der Waals surface area contributed by atoms with Crippen molar-refractivity contribution < 1.29 is 0 Å². The van der Waals surface area contributed by atoms with Crippen LogP contribution in [0.15, 0.2) is 36.7 Å². The summed E-state index contributed by atoms with van der Waals surface area (Å²) in [5, 5.41) is 0. The topological polar surface area (TPSA) is 25.8 Å². The van der Waals surface area contributed by atoms with Crippen LogP contribution in [0.5, 0.6) is 0 Å². The van der Waals surface area contributed by atoms with Gasteiger partial charge in [-0.25, -0.2) is 0 Å². The van der Waals surface area contributed by atoms with E-state index in [1.54, 1.807) is 0 Å². The summed E-state index contributed by atoms with van der Waals surface area (Å²) >= 11 is 0. The van der Waals surface area contributed by atoms with E-state index in [0.29, 0.717) is 0 Å². The zero-order chi connectivity index (χ0) is 17.1. The zero-order valence-electron chi connectivity index (χ0n) is 15.5. The predicted octanol–water partition coefficient (Wildman–Crippen LogP) is 4.91. The van der Waals surface area contributed by atoms with Gasteiger partial charge in [0, 0.05) is 46.4 Å². The summed E-state index contributed by atoms with van der Waals surface area (Å²) in [6.07, 6.45) is 4.92. The third-order valence-electron chi connectivity index (χ3n) is 3.60. The molecule has 2 rings (SSSR count). The lowest BCUT2D eigenvalue weighted by atomic mass is 10.1. The van der Waals surface area contributed by atoms with Crippen LogP contribution in [0.4, 0.5) is 0 Å². The molecule has 0 spiro atoms. The van der Waals surface area contributed by atoms with E-state index < -0.39 is 16.1 Å². The lowest BCUT2D eigenvalue weighted by Crippen LogP contribution is -2.24. The van der Waals surface area contributed by atoms with Crippen molar-refractivity contribution in [3.63, 3.8) is 0 Å². The summed E-state index contributed by atoms with van der Waals surface area (Å²) in [5.41, 5.74) is 4.95. The second-order valence-electron chi connectivity index (χ2n) is 8.97. The SMILES string of the molecule is C[Si](C)(C)Cc1ccc(Cc2ccc(C[Si](C)(C)C)cn2)nc1. The van der Waals surface area contributed by atoms with Crippen LogP contribution in [0.25, 0.3) is 0 Å². The second-order valence-corrected chi connectivity index (χ2v) is 19.9. The lowest BCUT2D eigenvalue weighted by Gasteiger charge is -2.16. The Hall–Kier alpha value is -1.27. The van der Waals surface area contributed by atoms with Crippen LogP contribution in [-0.2, 0) is 18.5 Å². The molecule has 23 heavy (non-hydrogen) atoms. The van der Waals surface area contributed by atoms with Crippen molar-refractivity contribution in [2.45, 2.75) is 57.8 Å². The van der Waals surface area contributed by atoms with Crippen molar-refractivity contribution >= 4 is 16.1 Å². The van der Waals surface area contributed by atoms with E-state index in [1.807, 2.05) is 12.4 Å². The number of nitrogens with zero attached hydrogens (tertiary/aromatic N) is 2. The molecule has 0 fully saturated rings. The Bertz CT molecular complexity index is 563. The molecular weight excluding hydrogens is 312 g/mol. The molecule has 4 heteroatoms. The van der Waals surface area contributed by atoms with Crippen LogP contribution in [0, 0.1) is 0 Å². The molecular formula is C19H30N2Si2. The van der Waals surface area contributed by atoms with Crippen molar-refractivity contribution in [3.05, 3.63) is 59.2 Å². The molecule has 124 valence electrons. The van der Waals surface area contributed by atoms with Gasteiger partial charge >= 0.3 is 0 Å². The van der Waals surface area contributed by atoms with Gasteiger partial charge in [0.15, 0.2) is 0 Å². The lowest BCUT2D eigenvalue weighted by molar-refractivity contribution is 0.995. The van der Waals surface area contributed by atoms with Gasteiger partial charge in [0.05, 0.1) is 0 Å². The summed E-state index contributed by atoms with van der Waals surface area (Å²) in [5.74, 6) is 0. The van der Waals surface area contributed by atoms with Crippen molar-refractivity contribution in [3.8, 4) is 0 Å². The minimum absolute atomic E-state index is 0.820. The van der Waals surface area contributed by atoms with Gasteiger partial charge in [0.1, 0.15) is 0 Å². The average molecular weight is 343 g/mol. The summed E-state index contributed by atoms with van der Waals surface area (Å²) < 4.78 is 0. The zero-order valence-corrected chi connectivity index (χ0v) is 17.5. The average Bonchev–Trinajstić information content (AvgIpc) is 2.40. The molecule has 0 aliphatic rings. The molecule has 0 bridgehead atoms. The Morgan fingerprint density at radius 3 is 1.30 bits per heavy atom. The highest BCUT2D eigenvalue weighted by Crippen LogP contribution is 2.14. The summed E-state index contributed by atoms with van der Waals surface area (Å²) in [6, 6.07) is 11.2. The van der Waals surface area contributed by atoms with E-state index in [2.05, 4.69) is 73.5 Å². The van der Waals surface area contributed by atoms with Crippen molar-refractivity contribution in [1.82, 2.24) is 9.97 Å². The van der Waals surface area contributed by atoms with E-state index in [-0.39, 0.29) is 0 Å². The Morgan fingerprint density at radius 2 is 1.04 bits per heavy atom. The van der Waals surface area contributed by atoms with Gasteiger partial charge in [-0.1, -0.05) is 51.4 Å². The van der Waals surface area contributed by atoms with Crippen molar-refractivity contribution in [2.24, 2.45) is 0 Å². The molecule has 0 aromatic carbocycles. The highest BCUT2D eigenvalue weighted by molar-refractivity contribution is 6.75. The maximum absolute atomic E-state index is 4.63. The van der Waals surface area contributed by atoms with E-state index in [0.717, 1.165) is 17.8 Å². The van der Waals surface area contributed by atoms with Gasteiger partial charge in [0.2, 0.25) is 0 Å². The molecule has 0 saturated carbocycles. The van der Waals surface area contributed by atoms with E-state index in [4.69, 9.17) is 0 Å². The molecule has 0 aliphatic heterocycles. The smallest absolute Gasteiger partial charge is 0.0487 e. The van der Waals surface area contributed by atoms with Crippen LogP contribution in [0.3, 0.4) is 0 Å². The molecule has 2 aromatic rings. The summed E-state index contributed by atoms with van der Waals surface area (Å²) in [6.45, 7) is 14.4. The van der Waals surface area contributed by atoms with Gasteiger partial charge in [-0.05, 0) is 35.3 Å². The first-order valence-corrected chi connectivity index (χ1v) is 15.9. The van der Waals surface area contributed by atoms with E-state index >= 15 is 0 Å². The molecule has 2 heterocycles. The van der Waals surface area contributed by atoms with E-state index in [1.165, 1.54) is 23.2 Å². The summed E-state index contributed by atoms with van der Waals surface area (Å²) in [4.78, 5) is 9.26. The Morgan fingerprint density at radius 1 is 0.652 bits per heavy atom. The Balaban J connectivity index is 1.99. The predicted molar refractivity (Wildman–Crippen MR) is 105 cm³/mol. The van der Waals surface area contributed by atoms with Crippen LogP contribution in [0.1, 0.15) is 22.5 Å². The number of hydrogen-bond donors (Lipinski definition) is 0. The molecule has 0 amide bonds. The Kier molecular flexibility index (Phi) is 5.58. The van der Waals surface area contributed by atoms with Crippen LogP contribution in [-0.4, -0.2) is 26.1 Å². The molecule has 0 unspecified atom stereocenters. The van der Waals surface area contributed by atoms with Crippen LogP contribution in [0.2, 0.25) is 39.3 Å². The maximum atomic E-state index is 4.63. The fourth-order valence-electron chi connectivity index (χ4n) is 2.74. The second kappa shape index (κ2) is 7.10. The fourth-order valence-corrected chi connectivity index (χ4v) is 5.61. The minimum atomic E-state index is -1.06. The highest BCUT2D eigenvalue weighted by atomic mass is 28.3. The molecule has 0 N–H and O–H groups in total. The van der Waals surface area contributed by atoms with Crippen molar-refractivity contribution in [1.29, 1.82) is 0 Å². The molecule has 2 nitrogen and oxygen atoms in total. The normalized spacial score (nSPS) is 12.4. The third-order valence-corrected chi connectivity index (χ3v) is 6.54. The maximum Gasteiger partial charge on any atom is 0.0487 e. The molecule has 0 saturated heterocycles. The first kappa shape index (κ1) is 18.1. The largest absolute Gasteiger partial charge is 0.261 e.